The Hall–Kier alpha value is -0.640. The van der Waals surface area contributed by atoms with Crippen LogP contribution in [0.3, 0.4) is 0 Å². The Labute approximate surface area is 90.8 Å². The zero-order chi connectivity index (χ0) is 10.8. The van der Waals surface area contributed by atoms with Gasteiger partial charge in [-0.2, -0.15) is 0 Å². The van der Waals surface area contributed by atoms with E-state index in [1.807, 2.05) is 6.92 Å². The van der Waals surface area contributed by atoms with E-state index in [0.29, 0.717) is 24.7 Å². The summed E-state index contributed by atoms with van der Waals surface area (Å²) in [6.45, 7) is 4.69. The highest BCUT2D eigenvalue weighted by Gasteiger charge is 2.00. The summed E-state index contributed by atoms with van der Waals surface area (Å²) in [7, 11) is 0. The SMILES string of the molecule is CCOC(=O)CCCCCOC(C)=S. The van der Waals surface area contributed by atoms with Crippen LogP contribution >= 0.6 is 12.2 Å². The number of rotatable bonds is 7. The van der Waals surface area contributed by atoms with Gasteiger partial charge in [0.25, 0.3) is 0 Å². The first kappa shape index (κ1) is 13.4. The van der Waals surface area contributed by atoms with Crippen LogP contribution in [0.1, 0.15) is 39.5 Å². The molecule has 0 aliphatic heterocycles. The molecule has 4 heteroatoms. The number of thiocarbonyl (C=S) groups is 1. The maximum Gasteiger partial charge on any atom is 0.305 e. The molecular weight excluding hydrogens is 200 g/mol. The summed E-state index contributed by atoms with van der Waals surface area (Å²) < 4.78 is 9.91. The fourth-order valence-corrected chi connectivity index (χ4v) is 1.08. The van der Waals surface area contributed by atoms with E-state index in [2.05, 4.69) is 0 Å². The average molecular weight is 218 g/mol. The maximum atomic E-state index is 10.9. The van der Waals surface area contributed by atoms with Crippen molar-refractivity contribution in [2.24, 2.45) is 0 Å². The summed E-state index contributed by atoms with van der Waals surface area (Å²) in [5.41, 5.74) is 0. The molecule has 0 rings (SSSR count). The lowest BCUT2D eigenvalue weighted by Crippen LogP contribution is -2.04. The molecule has 0 aliphatic carbocycles. The van der Waals surface area contributed by atoms with Crippen molar-refractivity contribution in [2.75, 3.05) is 13.2 Å². The molecule has 82 valence electrons. The Morgan fingerprint density at radius 2 is 1.93 bits per heavy atom. The minimum Gasteiger partial charge on any atom is -0.487 e. The highest BCUT2D eigenvalue weighted by atomic mass is 32.1. The van der Waals surface area contributed by atoms with Gasteiger partial charge >= 0.3 is 5.97 Å². The molecule has 0 heterocycles. The fraction of sp³-hybridized carbons (Fsp3) is 0.800. The molecule has 0 spiro atoms. The van der Waals surface area contributed by atoms with E-state index >= 15 is 0 Å². The number of hydrogen-bond acceptors (Lipinski definition) is 4. The van der Waals surface area contributed by atoms with Crippen LogP contribution in [-0.4, -0.2) is 24.2 Å². The van der Waals surface area contributed by atoms with Gasteiger partial charge in [0.2, 0.25) is 0 Å². The van der Waals surface area contributed by atoms with Gasteiger partial charge < -0.3 is 9.47 Å². The van der Waals surface area contributed by atoms with Gasteiger partial charge in [0.15, 0.2) is 5.05 Å². The zero-order valence-electron chi connectivity index (χ0n) is 8.88. The van der Waals surface area contributed by atoms with Crippen molar-refractivity contribution >= 4 is 23.2 Å². The Bertz CT molecular complexity index is 180. The summed E-state index contributed by atoms with van der Waals surface area (Å²) in [5, 5.41) is 0.579. The smallest absolute Gasteiger partial charge is 0.305 e. The quantitative estimate of drug-likeness (QED) is 0.373. The van der Waals surface area contributed by atoms with E-state index in [1.165, 1.54) is 0 Å². The largest absolute Gasteiger partial charge is 0.487 e. The molecule has 0 aromatic heterocycles. The molecule has 0 radical (unpaired) electrons. The summed E-state index contributed by atoms with van der Waals surface area (Å²) in [5.74, 6) is -0.112. The van der Waals surface area contributed by atoms with Crippen molar-refractivity contribution < 1.29 is 14.3 Å². The lowest BCUT2D eigenvalue weighted by Gasteiger charge is -2.03. The highest BCUT2D eigenvalue weighted by molar-refractivity contribution is 7.80. The second kappa shape index (κ2) is 8.94. The zero-order valence-corrected chi connectivity index (χ0v) is 9.69. The Morgan fingerprint density at radius 1 is 1.21 bits per heavy atom. The van der Waals surface area contributed by atoms with E-state index in [-0.39, 0.29) is 5.97 Å². The van der Waals surface area contributed by atoms with Crippen LogP contribution in [0.4, 0.5) is 0 Å². The first-order valence-corrected chi connectivity index (χ1v) is 5.36. The number of esters is 1. The van der Waals surface area contributed by atoms with Crippen molar-refractivity contribution in [2.45, 2.75) is 39.5 Å². The lowest BCUT2D eigenvalue weighted by molar-refractivity contribution is -0.143. The van der Waals surface area contributed by atoms with Crippen LogP contribution in [-0.2, 0) is 14.3 Å². The van der Waals surface area contributed by atoms with Crippen molar-refractivity contribution in [3.8, 4) is 0 Å². The molecule has 0 bridgehead atoms. The molecule has 0 fully saturated rings. The monoisotopic (exact) mass is 218 g/mol. The Morgan fingerprint density at radius 3 is 2.50 bits per heavy atom. The van der Waals surface area contributed by atoms with E-state index in [9.17, 15) is 4.79 Å². The van der Waals surface area contributed by atoms with Crippen LogP contribution < -0.4 is 0 Å². The molecule has 0 amide bonds. The van der Waals surface area contributed by atoms with Gasteiger partial charge in [-0.05, 0) is 38.4 Å². The molecule has 0 aromatic rings. The third-order valence-electron chi connectivity index (χ3n) is 1.64. The fourth-order valence-electron chi connectivity index (χ4n) is 0.997. The molecule has 3 nitrogen and oxygen atoms in total. The molecular formula is C10H18O3S. The predicted octanol–water partition coefficient (Wildman–Crippen LogP) is 2.47. The highest BCUT2D eigenvalue weighted by Crippen LogP contribution is 2.01. The summed E-state index contributed by atoms with van der Waals surface area (Å²) in [4.78, 5) is 10.9. The second-order valence-electron chi connectivity index (χ2n) is 2.96. The molecule has 0 N–H and O–H groups in total. The molecule has 0 saturated heterocycles. The van der Waals surface area contributed by atoms with Crippen LogP contribution in [0.5, 0.6) is 0 Å². The van der Waals surface area contributed by atoms with E-state index in [4.69, 9.17) is 21.7 Å². The van der Waals surface area contributed by atoms with Crippen LogP contribution in [0.15, 0.2) is 0 Å². The molecule has 0 aliphatic rings. The first-order valence-electron chi connectivity index (χ1n) is 4.95. The van der Waals surface area contributed by atoms with Gasteiger partial charge in [-0.15, -0.1) is 0 Å². The third-order valence-corrected chi connectivity index (χ3v) is 1.75. The number of unbranched alkanes of at least 4 members (excludes halogenated alkanes) is 2. The first-order chi connectivity index (χ1) is 6.66. The van der Waals surface area contributed by atoms with Gasteiger partial charge in [0.05, 0.1) is 13.2 Å². The average Bonchev–Trinajstić information content (AvgIpc) is 2.11. The predicted molar refractivity (Wildman–Crippen MR) is 59.3 cm³/mol. The lowest BCUT2D eigenvalue weighted by atomic mass is 10.2. The number of carbonyl (C=O) groups is 1. The molecule has 0 atom stereocenters. The van der Waals surface area contributed by atoms with Gasteiger partial charge in [-0.1, -0.05) is 0 Å². The number of carbonyl (C=O) groups excluding carboxylic acids is 1. The second-order valence-corrected chi connectivity index (χ2v) is 3.53. The van der Waals surface area contributed by atoms with Gasteiger partial charge in [0, 0.05) is 13.3 Å². The molecule has 14 heavy (non-hydrogen) atoms. The molecule has 0 saturated carbocycles. The summed E-state index contributed by atoms with van der Waals surface area (Å²) in [6, 6.07) is 0. The Balaban J connectivity index is 3.13. The van der Waals surface area contributed by atoms with Crippen LogP contribution in [0.2, 0.25) is 0 Å². The van der Waals surface area contributed by atoms with E-state index in [1.54, 1.807) is 6.92 Å². The molecule has 0 aromatic carbocycles. The minimum atomic E-state index is -0.112. The standard InChI is InChI=1S/C10H18O3S/c1-3-12-10(11)7-5-4-6-8-13-9(2)14/h3-8H2,1-2H3. The summed E-state index contributed by atoms with van der Waals surface area (Å²) in [6.07, 6.45) is 3.28. The van der Waals surface area contributed by atoms with Gasteiger partial charge in [-0.3, -0.25) is 4.79 Å². The van der Waals surface area contributed by atoms with Crippen molar-refractivity contribution in [3.63, 3.8) is 0 Å². The van der Waals surface area contributed by atoms with Gasteiger partial charge in [0.1, 0.15) is 0 Å². The van der Waals surface area contributed by atoms with Crippen LogP contribution in [0.25, 0.3) is 0 Å². The minimum absolute atomic E-state index is 0.112. The van der Waals surface area contributed by atoms with Crippen LogP contribution in [0, 0.1) is 0 Å². The number of hydrogen-bond donors (Lipinski definition) is 0. The van der Waals surface area contributed by atoms with Gasteiger partial charge in [-0.25, -0.2) is 0 Å². The Kier molecular flexibility index (Phi) is 8.53. The topological polar surface area (TPSA) is 35.5 Å². The van der Waals surface area contributed by atoms with Crippen molar-refractivity contribution in [1.82, 2.24) is 0 Å². The summed E-state index contributed by atoms with van der Waals surface area (Å²) >= 11 is 4.75. The van der Waals surface area contributed by atoms with Crippen molar-refractivity contribution in [3.05, 3.63) is 0 Å². The van der Waals surface area contributed by atoms with E-state index < -0.39 is 0 Å². The number of ether oxygens (including phenoxy) is 2. The maximum absolute atomic E-state index is 10.9. The van der Waals surface area contributed by atoms with E-state index in [0.717, 1.165) is 19.3 Å². The normalized spacial score (nSPS) is 9.57. The van der Waals surface area contributed by atoms with Crippen molar-refractivity contribution in [1.29, 1.82) is 0 Å². The molecule has 0 unspecified atom stereocenters. The third kappa shape index (κ3) is 9.45.